The van der Waals surface area contributed by atoms with Crippen LogP contribution in [0.5, 0.6) is 5.75 Å². The molecule has 3 heterocycles. The molecule has 0 aliphatic rings. The molecule has 0 saturated carbocycles. The van der Waals surface area contributed by atoms with Gasteiger partial charge in [-0.25, -0.2) is 9.97 Å². The minimum atomic E-state index is 0.753. The van der Waals surface area contributed by atoms with Crippen LogP contribution in [0.15, 0.2) is 73.3 Å². The van der Waals surface area contributed by atoms with Gasteiger partial charge in [0.05, 0.1) is 23.8 Å². The molecular weight excluding hydrogens is 436 g/mol. The summed E-state index contributed by atoms with van der Waals surface area (Å²) in [5, 5.41) is 14.3. The molecule has 7 nitrogen and oxygen atoms in total. The largest absolute Gasteiger partial charge is 0.496 e. The number of hydrogen-bond donors (Lipinski definition) is 1. The number of benzene rings is 3. The molecule has 0 aliphatic heterocycles. The maximum atomic E-state index is 5.83. The van der Waals surface area contributed by atoms with E-state index in [1.165, 1.54) is 5.56 Å². The Morgan fingerprint density at radius 3 is 2.57 bits per heavy atom. The Morgan fingerprint density at radius 2 is 1.77 bits per heavy atom. The van der Waals surface area contributed by atoms with E-state index in [9.17, 15) is 0 Å². The van der Waals surface area contributed by atoms with E-state index in [0.29, 0.717) is 0 Å². The molecule has 0 unspecified atom stereocenters. The van der Waals surface area contributed by atoms with Crippen molar-refractivity contribution in [2.45, 2.75) is 13.3 Å². The number of aromatic amines is 1. The lowest BCUT2D eigenvalue weighted by Gasteiger charge is -2.14. The number of ether oxygens (including phenoxy) is 1. The summed E-state index contributed by atoms with van der Waals surface area (Å²) in [6.45, 7) is 2.14. The van der Waals surface area contributed by atoms with E-state index in [4.69, 9.17) is 14.8 Å². The number of nitrogens with zero attached hydrogens (tertiary/aromatic N) is 5. The van der Waals surface area contributed by atoms with Gasteiger partial charge in [0.2, 0.25) is 0 Å². The van der Waals surface area contributed by atoms with Gasteiger partial charge in [-0.2, -0.15) is 10.2 Å². The lowest BCUT2D eigenvalue weighted by Crippen LogP contribution is -1.95. The molecule has 6 aromatic rings. The van der Waals surface area contributed by atoms with Crippen LogP contribution in [0.1, 0.15) is 12.5 Å². The van der Waals surface area contributed by atoms with Crippen molar-refractivity contribution in [1.82, 2.24) is 29.9 Å². The molecule has 172 valence electrons. The minimum Gasteiger partial charge on any atom is -0.496 e. The van der Waals surface area contributed by atoms with Gasteiger partial charge in [-0.1, -0.05) is 49.4 Å². The Hall–Kier alpha value is -4.52. The van der Waals surface area contributed by atoms with E-state index in [-0.39, 0.29) is 0 Å². The third-order valence-electron chi connectivity index (χ3n) is 6.44. The third kappa shape index (κ3) is 3.44. The second kappa shape index (κ2) is 8.36. The molecule has 0 bridgehead atoms. The van der Waals surface area contributed by atoms with E-state index in [1.807, 2.05) is 48.4 Å². The standard InChI is InChI=1S/C28H24N6O/c1-4-17-10-11-19(22-14-31-32-26(17)22)20-12-21-24(13-25(20)35-3)29-16-30-28(21)23-15-34(2)33-27(23)18-8-6-5-7-9-18/h5-16H,4H2,1-3H3,(H,31,32). The van der Waals surface area contributed by atoms with Gasteiger partial charge in [0.25, 0.3) is 0 Å². The zero-order valence-corrected chi connectivity index (χ0v) is 19.8. The van der Waals surface area contributed by atoms with Crippen molar-refractivity contribution >= 4 is 21.8 Å². The van der Waals surface area contributed by atoms with Gasteiger partial charge in [-0.15, -0.1) is 0 Å². The van der Waals surface area contributed by atoms with Crippen LogP contribution in [0.25, 0.3) is 55.4 Å². The SMILES string of the molecule is CCc1ccc(-c2cc3c(-c4cn(C)nc4-c4ccccc4)ncnc3cc2OC)c2c[nH]nc12. The lowest BCUT2D eigenvalue weighted by molar-refractivity contribution is 0.417. The maximum absolute atomic E-state index is 5.83. The second-order valence-electron chi connectivity index (χ2n) is 8.50. The van der Waals surface area contributed by atoms with Crippen LogP contribution in [0.3, 0.4) is 0 Å². The van der Waals surface area contributed by atoms with Gasteiger partial charge in [0.15, 0.2) is 0 Å². The zero-order valence-electron chi connectivity index (χ0n) is 19.8. The lowest BCUT2D eigenvalue weighted by atomic mass is 9.95. The number of nitrogens with one attached hydrogen (secondary N) is 1. The van der Waals surface area contributed by atoms with E-state index < -0.39 is 0 Å². The van der Waals surface area contributed by atoms with Crippen molar-refractivity contribution in [3.05, 3.63) is 78.9 Å². The van der Waals surface area contributed by atoms with E-state index in [2.05, 4.69) is 52.4 Å². The molecule has 0 atom stereocenters. The highest BCUT2D eigenvalue weighted by Gasteiger charge is 2.20. The molecule has 7 heteroatoms. The Balaban J connectivity index is 1.63. The summed E-state index contributed by atoms with van der Waals surface area (Å²) in [4.78, 5) is 9.29. The molecule has 0 spiro atoms. The number of hydrogen-bond acceptors (Lipinski definition) is 5. The fourth-order valence-electron chi connectivity index (χ4n) is 4.76. The number of methoxy groups -OCH3 is 1. The van der Waals surface area contributed by atoms with Gasteiger partial charge < -0.3 is 4.74 Å². The quantitative estimate of drug-likeness (QED) is 0.351. The molecule has 6 rings (SSSR count). The van der Waals surface area contributed by atoms with Crippen molar-refractivity contribution in [3.63, 3.8) is 0 Å². The molecule has 0 amide bonds. The van der Waals surface area contributed by atoms with Crippen LogP contribution in [-0.2, 0) is 13.5 Å². The van der Waals surface area contributed by atoms with Crippen LogP contribution in [-0.4, -0.2) is 37.1 Å². The van der Waals surface area contributed by atoms with Crippen LogP contribution < -0.4 is 4.74 Å². The first-order chi connectivity index (χ1) is 17.2. The second-order valence-corrected chi connectivity index (χ2v) is 8.50. The van der Waals surface area contributed by atoms with Gasteiger partial charge >= 0.3 is 0 Å². The smallest absolute Gasteiger partial charge is 0.128 e. The number of rotatable bonds is 5. The van der Waals surface area contributed by atoms with Crippen molar-refractivity contribution in [2.24, 2.45) is 7.05 Å². The Kier molecular flexibility index (Phi) is 5.03. The summed E-state index contributed by atoms with van der Waals surface area (Å²) in [5.41, 5.74) is 8.73. The van der Waals surface area contributed by atoms with Gasteiger partial charge in [0.1, 0.15) is 17.8 Å². The summed E-state index contributed by atoms with van der Waals surface area (Å²) in [7, 11) is 3.62. The van der Waals surface area contributed by atoms with Crippen LogP contribution in [0.4, 0.5) is 0 Å². The molecule has 0 aliphatic carbocycles. The number of H-pyrrole nitrogens is 1. The third-order valence-corrected chi connectivity index (χ3v) is 6.44. The fourth-order valence-corrected chi connectivity index (χ4v) is 4.76. The first kappa shape index (κ1) is 21.0. The Morgan fingerprint density at radius 1 is 0.914 bits per heavy atom. The van der Waals surface area contributed by atoms with Crippen molar-refractivity contribution in [1.29, 1.82) is 0 Å². The van der Waals surface area contributed by atoms with E-state index in [0.717, 1.165) is 67.6 Å². The summed E-state index contributed by atoms with van der Waals surface area (Å²) >= 11 is 0. The van der Waals surface area contributed by atoms with Gasteiger partial charge in [0, 0.05) is 53.0 Å². The molecule has 0 saturated heterocycles. The molecule has 0 radical (unpaired) electrons. The normalized spacial score (nSPS) is 11.4. The molecule has 1 N–H and O–H groups in total. The highest BCUT2D eigenvalue weighted by Crippen LogP contribution is 2.41. The Bertz CT molecular complexity index is 1680. The average Bonchev–Trinajstić information content (AvgIpc) is 3.54. The highest BCUT2D eigenvalue weighted by molar-refractivity contribution is 6.03. The number of fused-ring (bicyclic) bond motifs is 2. The summed E-state index contributed by atoms with van der Waals surface area (Å²) in [5.74, 6) is 0.753. The zero-order chi connectivity index (χ0) is 23.9. The van der Waals surface area contributed by atoms with Crippen LogP contribution >= 0.6 is 0 Å². The Labute approximate surface area is 202 Å². The minimum absolute atomic E-state index is 0.753. The predicted octanol–water partition coefficient (Wildman–Crippen LogP) is 5.81. The highest BCUT2D eigenvalue weighted by atomic mass is 16.5. The van der Waals surface area contributed by atoms with Gasteiger partial charge in [-0.3, -0.25) is 9.78 Å². The fraction of sp³-hybridized carbons (Fsp3) is 0.143. The molecule has 3 aromatic carbocycles. The first-order valence-corrected chi connectivity index (χ1v) is 11.6. The van der Waals surface area contributed by atoms with E-state index in [1.54, 1.807) is 13.4 Å². The number of aryl methyl sites for hydroxylation is 2. The topological polar surface area (TPSA) is 81.5 Å². The maximum Gasteiger partial charge on any atom is 0.128 e. The van der Waals surface area contributed by atoms with Crippen LogP contribution in [0, 0.1) is 0 Å². The molecule has 3 aromatic heterocycles. The molecule has 0 fully saturated rings. The average molecular weight is 461 g/mol. The monoisotopic (exact) mass is 460 g/mol. The molecule has 35 heavy (non-hydrogen) atoms. The van der Waals surface area contributed by atoms with Crippen molar-refractivity contribution in [3.8, 4) is 39.4 Å². The van der Waals surface area contributed by atoms with Crippen molar-refractivity contribution < 1.29 is 4.74 Å². The molecular formula is C28H24N6O. The summed E-state index contributed by atoms with van der Waals surface area (Å²) in [6, 6.07) is 18.6. The van der Waals surface area contributed by atoms with Crippen molar-refractivity contribution in [2.75, 3.05) is 7.11 Å². The first-order valence-electron chi connectivity index (χ1n) is 11.6. The number of aromatic nitrogens is 6. The predicted molar refractivity (Wildman–Crippen MR) is 138 cm³/mol. The summed E-state index contributed by atoms with van der Waals surface area (Å²) in [6.07, 6.45) is 6.48. The van der Waals surface area contributed by atoms with Gasteiger partial charge in [-0.05, 0) is 23.6 Å². The van der Waals surface area contributed by atoms with E-state index >= 15 is 0 Å². The summed E-state index contributed by atoms with van der Waals surface area (Å²) < 4.78 is 7.65. The van der Waals surface area contributed by atoms with Crippen LogP contribution in [0.2, 0.25) is 0 Å².